The first-order valence-electron chi connectivity index (χ1n) is 6.13. The Morgan fingerprint density at radius 3 is 1.47 bits per heavy atom. The zero-order valence-electron chi connectivity index (χ0n) is 9.70. The molecule has 0 fully saturated rings. The SMILES string of the molecule is CCCCCCCCCCCC(F)(F)F. The number of hydrogen-bond donors (Lipinski definition) is 0. The van der Waals surface area contributed by atoms with Crippen LogP contribution in [0.4, 0.5) is 13.2 Å². The number of alkyl halides is 3. The maximum absolute atomic E-state index is 11.8. The maximum atomic E-state index is 11.8. The molecule has 0 nitrogen and oxygen atoms in total. The van der Waals surface area contributed by atoms with Crippen molar-refractivity contribution in [2.45, 2.75) is 77.3 Å². The standard InChI is InChI=1S/C12H23F3/c1-2-3-4-5-6-7-8-9-10-11-12(13,14)15/h2-11H2,1H3. The molecular formula is C12H23F3. The van der Waals surface area contributed by atoms with Gasteiger partial charge in [0.05, 0.1) is 0 Å². The highest BCUT2D eigenvalue weighted by atomic mass is 19.4. The van der Waals surface area contributed by atoms with Crippen molar-refractivity contribution in [3.05, 3.63) is 0 Å². The molecule has 0 spiro atoms. The summed E-state index contributed by atoms with van der Waals surface area (Å²) in [6.45, 7) is 2.18. The Labute approximate surface area is 91.3 Å². The summed E-state index contributed by atoms with van der Waals surface area (Å²) in [4.78, 5) is 0. The molecule has 0 aromatic rings. The number of rotatable bonds is 9. The molecule has 0 heterocycles. The van der Waals surface area contributed by atoms with E-state index in [0.29, 0.717) is 6.42 Å². The van der Waals surface area contributed by atoms with Crippen LogP contribution in [-0.4, -0.2) is 6.18 Å². The van der Waals surface area contributed by atoms with E-state index in [4.69, 9.17) is 0 Å². The monoisotopic (exact) mass is 224 g/mol. The van der Waals surface area contributed by atoms with Gasteiger partial charge in [0.15, 0.2) is 0 Å². The molecule has 0 aromatic carbocycles. The molecule has 0 aliphatic carbocycles. The van der Waals surface area contributed by atoms with Crippen LogP contribution in [0.15, 0.2) is 0 Å². The van der Waals surface area contributed by atoms with Gasteiger partial charge in [-0.1, -0.05) is 58.3 Å². The van der Waals surface area contributed by atoms with Gasteiger partial charge in [-0.3, -0.25) is 0 Å². The van der Waals surface area contributed by atoms with Gasteiger partial charge in [0.1, 0.15) is 0 Å². The summed E-state index contributed by atoms with van der Waals surface area (Å²) in [6.07, 6.45) is 4.76. The van der Waals surface area contributed by atoms with Crippen molar-refractivity contribution in [2.75, 3.05) is 0 Å². The second kappa shape index (κ2) is 9.05. The summed E-state index contributed by atoms with van der Waals surface area (Å²) in [6, 6.07) is 0. The first-order chi connectivity index (χ1) is 7.06. The van der Waals surface area contributed by atoms with Gasteiger partial charge in [-0.2, -0.15) is 13.2 Å². The minimum absolute atomic E-state index is 0.304. The molecule has 15 heavy (non-hydrogen) atoms. The molecule has 0 amide bonds. The second-order valence-electron chi connectivity index (χ2n) is 4.19. The van der Waals surface area contributed by atoms with Gasteiger partial charge in [0.2, 0.25) is 0 Å². The summed E-state index contributed by atoms with van der Waals surface area (Å²) >= 11 is 0. The molecule has 0 aliphatic heterocycles. The predicted molar refractivity (Wildman–Crippen MR) is 57.9 cm³/mol. The molecule has 0 N–H and O–H groups in total. The fourth-order valence-corrected chi connectivity index (χ4v) is 1.64. The third-order valence-corrected chi connectivity index (χ3v) is 2.56. The fraction of sp³-hybridized carbons (Fsp3) is 1.00. The highest BCUT2D eigenvalue weighted by Gasteiger charge is 2.25. The predicted octanol–water partition coefficient (Wildman–Crippen LogP) is 5.47. The third-order valence-electron chi connectivity index (χ3n) is 2.56. The summed E-state index contributed by atoms with van der Waals surface area (Å²) in [5.41, 5.74) is 0. The Kier molecular flexibility index (Phi) is 8.92. The van der Waals surface area contributed by atoms with Crippen molar-refractivity contribution in [1.82, 2.24) is 0 Å². The molecule has 0 rings (SSSR count). The van der Waals surface area contributed by atoms with Gasteiger partial charge in [-0.15, -0.1) is 0 Å². The summed E-state index contributed by atoms with van der Waals surface area (Å²) < 4.78 is 35.3. The van der Waals surface area contributed by atoms with E-state index in [1.807, 2.05) is 0 Å². The van der Waals surface area contributed by atoms with E-state index in [2.05, 4.69) is 6.92 Å². The van der Waals surface area contributed by atoms with Gasteiger partial charge >= 0.3 is 6.18 Å². The molecule has 0 bridgehead atoms. The Morgan fingerprint density at radius 2 is 1.07 bits per heavy atom. The van der Waals surface area contributed by atoms with Gasteiger partial charge in [-0.05, 0) is 6.42 Å². The molecule has 92 valence electrons. The maximum Gasteiger partial charge on any atom is 0.389 e. The van der Waals surface area contributed by atoms with Gasteiger partial charge in [0.25, 0.3) is 0 Å². The summed E-state index contributed by atoms with van der Waals surface area (Å²) in [5, 5.41) is 0. The first kappa shape index (κ1) is 14.8. The van der Waals surface area contributed by atoms with E-state index < -0.39 is 12.6 Å². The summed E-state index contributed by atoms with van der Waals surface area (Å²) in [7, 11) is 0. The van der Waals surface area contributed by atoms with Crippen LogP contribution in [0.25, 0.3) is 0 Å². The van der Waals surface area contributed by atoms with Crippen LogP contribution in [0, 0.1) is 0 Å². The van der Waals surface area contributed by atoms with E-state index >= 15 is 0 Å². The average Bonchev–Trinajstić information content (AvgIpc) is 2.14. The lowest BCUT2D eigenvalue weighted by Crippen LogP contribution is -2.06. The number of unbranched alkanes of at least 4 members (excludes halogenated alkanes) is 8. The molecule has 0 radical (unpaired) electrons. The van der Waals surface area contributed by atoms with E-state index in [1.165, 1.54) is 32.1 Å². The van der Waals surface area contributed by atoms with E-state index in [1.54, 1.807) is 0 Å². The average molecular weight is 224 g/mol. The Bertz CT molecular complexity index is 129. The minimum Gasteiger partial charge on any atom is -0.171 e. The van der Waals surface area contributed by atoms with Crippen molar-refractivity contribution in [2.24, 2.45) is 0 Å². The van der Waals surface area contributed by atoms with E-state index in [0.717, 1.165) is 19.3 Å². The quantitative estimate of drug-likeness (QED) is 0.455. The van der Waals surface area contributed by atoms with Crippen molar-refractivity contribution in [1.29, 1.82) is 0 Å². The lowest BCUT2D eigenvalue weighted by atomic mass is 10.1. The largest absolute Gasteiger partial charge is 0.389 e. The van der Waals surface area contributed by atoms with Gasteiger partial charge in [-0.25, -0.2) is 0 Å². The number of hydrogen-bond acceptors (Lipinski definition) is 0. The van der Waals surface area contributed by atoms with Crippen LogP contribution in [0.5, 0.6) is 0 Å². The van der Waals surface area contributed by atoms with Crippen LogP contribution in [-0.2, 0) is 0 Å². The smallest absolute Gasteiger partial charge is 0.171 e. The molecule has 0 saturated carbocycles. The number of halogens is 3. The van der Waals surface area contributed by atoms with Crippen LogP contribution in [0.3, 0.4) is 0 Å². The van der Waals surface area contributed by atoms with Crippen LogP contribution in [0.2, 0.25) is 0 Å². The van der Waals surface area contributed by atoms with E-state index in [-0.39, 0.29) is 0 Å². The molecule has 0 aliphatic rings. The summed E-state index contributed by atoms with van der Waals surface area (Å²) in [5.74, 6) is 0. The van der Waals surface area contributed by atoms with Crippen LogP contribution < -0.4 is 0 Å². The van der Waals surface area contributed by atoms with Crippen molar-refractivity contribution < 1.29 is 13.2 Å². The second-order valence-corrected chi connectivity index (χ2v) is 4.19. The van der Waals surface area contributed by atoms with Crippen LogP contribution >= 0.6 is 0 Å². The highest BCUT2D eigenvalue weighted by molar-refractivity contribution is 4.52. The Hall–Kier alpha value is -0.210. The van der Waals surface area contributed by atoms with E-state index in [9.17, 15) is 13.2 Å². The fourth-order valence-electron chi connectivity index (χ4n) is 1.64. The zero-order chi connectivity index (χ0) is 11.6. The molecule has 0 unspecified atom stereocenters. The zero-order valence-corrected chi connectivity index (χ0v) is 9.70. The lowest BCUT2D eigenvalue weighted by Gasteiger charge is -2.05. The minimum atomic E-state index is -3.96. The molecular weight excluding hydrogens is 201 g/mol. The normalized spacial score (nSPS) is 12.0. The van der Waals surface area contributed by atoms with Crippen molar-refractivity contribution in [3.63, 3.8) is 0 Å². The molecule has 0 atom stereocenters. The highest BCUT2D eigenvalue weighted by Crippen LogP contribution is 2.23. The van der Waals surface area contributed by atoms with Crippen molar-refractivity contribution in [3.8, 4) is 0 Å². The molecule has 0 saturated heterocycles. The van der Waals surface area contributed by atoms with Gasteiger partial charge < -0.3 is 0 Å². The van der Waals surface area contributed by atoms with Gasteiger partial charge in [0, 0.05) is 6.42 Å². The van der Waals surface area contributed by atoms with Crippen LogP contribution in [0.1, 0.15) is 71.1 Å². The third kappa shape index (κ3) is 13.8. The molecule has 3 heteroatoms. The lowest BCUT2D eigenvalue weighted by molar-refractivity contribution is -0.135. The topological polar surface area (TPSA) is 0 Å². The Balaban J connectivity index is 2.99. The Morgan fingerprint density at radius 1 is 0.667 bits per heavy atom. The first-order valence-corrected chi connectivity index (χ1v) is 6.13. The van der Waals surface area contributed by atoms with Crippen molar-refractivity contribution >= 4 is 0 Å². The molecule has 0 aromatic heterocycles.